The summed E-state index contributed by atoms with van der Waals surface area (Å²) in [6.07, 6.45) is 0. The van der Waals surface area contributed by atoms with Crippen molar-refractivity contribution in [3.8, 4) is 5.75 Å². The van der Waals surface area contributed by atoms with Crippen LogP contribution in [-0.4, -0.2) is 17.6 Å². The highest BCUT2D eigenvalue weighted by atomic mass is 32.1. The van der Waals surface area contributed by atoms with Crippen molar-refractivity contribution in [1.82, 2.24) is 4.57 Å². The van der Waals surface area contributed by atoms with Gasteiger partial charge in [-0.25, -0.2) is 4.39 Å². The summed E-state index contributed by atoms with van der Waals surface area (Å²) in [5.41, 5.74) is 1.32. The van der Waals surface area contributed by atoms with Gasteiger partial charge in [0.1, 0.15) is 11.6 Å². The van der Waals surface area contributed by atoms with Crippen LogP contribution in [0.4, 0.5) is 4.39 Å². The monoisotopic (exact) mass is 316 g/mol. The Morgan fingerprint density at radius 3 is 2.64 bits per heavy atom. The number of aryl methyl sites for hydroxylation is 1. The van der Waals surface area contributed by atoms with Crippen LogP contribution in [0.15, 0.2) is 47.5 Å². The van der Waals surface area contributed by atoms with Gasteiger partial charge in [-0.15, -0.1) is 0 Å². The van der Waals surface area contributed by atoms with E-state index < -0.39 is 0 Å². The first kappa shape index (κ1) is 14.5. The Kier molecular flexibility index (Phi) is 3.77. The summed E-state index contributed by atoms with van der Waals surface area (Å²) in [6.45, 7) is 0. The van der Waals surface area contributed by atoms with E-state index in [0.717, 1.165) is 10.2 Å². The average Bonchev–Trinajstić information content (AvgIpc) is 2.82. The highest BCUT2D eigenvalue weighted by Gasteiger charge is 2.08. The van der Waals surface area contributed by atoms with Gasteiger partial charge >= 0.3 is 0 Å². The molecule has 0 fully saturated rings. The molecule has 0 aliphatic carbocycles. The van der Waals surface area contributed by atoms with Crippen molar-refractivity contribution in [2.45, 2.75) is 0 Å². The van der Waals surface area contributed by atoms with Gasteiger partial charge in [-0.3, -0.25) is 4.79 Å². The van der Waals surface area contributed by atoms with E-state index in [2.05, 4.69) is 4.99 Å². The minimum Gasteiger partial charge on any atom is -0.497 e. The van der Waals surface area contributed by atoms with E-state index in [-0.39, 0.29) is 11.7 Å². The normalized spacial score (nSPS) is 11.9. The molecule has 4 nitrogen and oxygen atoms in total. The number of ether oxygens (including phenoxy) is 1. The summed E-state index contributed by atoms with van der Waals surface area (Å²) < 4.78 is 20.9. The number of halogens is 1. The number of benzene rings is 2. The molecule has 0 atom stereocenters. The molecular weight excluding hydrogens is 303 g/mol. The van der Waals surface area contributed by atoms with E-state index in [0.29, 0.717) is 16.1 Å². The fourth-order valence-electron chi connectivity index (χ4n) is 2.10. The maximum atomic E-state index is 13.3. The van der Waals surface area contributed by atoms with Gasteiger partial charge in [-0.1, -0.05) is 11.3 Å². The number of methoxy groups -OCH3 is 1. The Bertz CT molecular complexity index is 910. The Labute approximate surface area is 130 Å². The van der Waals surface area contributed by atoms with Gasteiger partial charge < -0.3 is 9.30 Å². The quantitative estimate of drug-likeness (QED) is 0.729. The van der Waals surface area contributed by atoms with Crippen molar-refractivity contribution in [2.24, 2.45) is 12.0 Å². The maximum absolute atomic E-state index is 13.3. The standard InChI is InChI=1S/C16H13FN2O2S/c1-19-13-8-5-11(17)9-14(13)22-16(19)18-15(20)10-3-6-12(21-2)7-4-10/h3-9H,1-2H3. The Balaban J connectivity index is 2.03. The lowest BCUT2D eigenvalue weighted by molar-refractivity contribution is 0.0998. The van der Waals surface area contributed by atoms with Crippen LogP contribution in [0, 0.1) is 5.82 Å². The molecule has 0 unspecified atom stereocenters. The van der Waals surface area contributed by atoms with Crippen LogP contribution < -0.4 is 9.54 Å². The van der Waals surface area contributed by atoms with Crippen LogP contribution >= 0.6 is 11.3 Å². The highest BCUT2D eigenvalue weighted by molar-refractivity contribution is 7.16. The largest absolute Gasteiger partial charge is 0.497 e. The van der Waals surface area contributed by atoms with Crippen molar-refractivity contribution in [3.63, 3.8) is 0 Å². The molecule has 0 saturated heterocycles. The van der Waals surface area contributed by atoms with Gasteiger partial charge in [0, 0.05) is 12.6 Å². The van der Waals surface area contributed by atoms with E-state index in [1.165, 1.54) is 23.5 Å². The lowest BCUT2D eigenvalue weighted by Gasteiger charge is -1.99. The van der Waals surface area contributed by atoms with E-state index in [1.807, 2.05) is 0 Å². The van der Waals surface area contributed by atoms with Crippen molar-refractivity contribution in [3.05, 3.63) is 58.6 Å². The lowest BCUT2D eigenvalue weighted by atomic mass is 10.2. The number of hydrogen-bond acceptors (Lipinski definition) is 3. The van der Waals surface area contributed by atoms with Crippen LogP contribution in [-0.2, 0) is 7.05 Å². The molecule has 22 heavy (non-hydrogen) atoms. The van der Waals surface area contributed by atoms with E-state index >= 15 is 0 Å². The molecule has 0 N–H and O–H groups in total. The second-order valence-electron chi connectivity index (χ2n) is 4.70. The molecule has 0 aliphatic rings. The molecule has 1 amide bonds. The van der Waals surface area contributed by atoms with Gasteiger partial charge in [-0.05, 0) is 42.5 Å². The number of nitrogens with zero attached hydrogens (tertiary/aromatic N) is 2. The van der Waals surface area contributed by atoms with Gasteiger partial charge in [0.05, 0.1) is 17.3 Å². The molecule has 0 bridgehead atoms. The number of amides is 1. The molecule has 6 heteroatoms. The van der Waals surface area contributed by atoms with Crippen LogP contribution in [0.1, 0.15) is 10.4 Å². The van der Waals surface area contributed by atoms with E-state index in [4.69, 9.17) is 4.74 Å². The molecule has 0 aliphatic heterocycles. The second kappa shape index (κ2) is 5.73. The number of carbonyl (C=O) groups is 1. The molecule has 0 spiro atoms. The first-order valence-electron chi connectivity index (χ1n) is 6.56. The second-order valence-corrected chi connectivity index (χ2v) is 5.71. The number of fused-ring (bicyclic) bond motifs is 1. The van der Waals surface area contributed by atoms with Crippen molar-refractivity contribution < 1.29 is 13.9 Å². The average molecular weight is 316 g/mol. The van der Waals surface area contributed by atoms with Crippen LogP contribution in [0.5, 0.6) is 5.75 Å². The zero-order valence-electron chi connectivity index (χ0n) is 12.0. The highest BCUT2D eigenvalue weighted by Crippen LogP contribution is 2.18. The van der Waals surface area contributed by atoms with Crippen LogP contribution in [0.3, 0.4) is 0 Å². The molecule has 1 aromatic heterocycles. The Morgan fingerprint density at radius 2 is 1.95 bits per heavy atom. The summed E-state index contributed by atoms with van der Waals surface area (Å²) in [7, 11) is 3.37. The molecule has 3 aromatic rings. The number of hydrogen-bond donors (Lipinski definition) is 0. The minimum atomic E-state index is -0.342. The molecule has 0 radical (unpaired) electrons. The number of carbonyl (C=O) groups excluding carboxylic acids is 1. The van der Waals surface area contributed by atoms with Gasteiger partial charge in [0.15, 0.2) is 4.80 Å². The maximum Gasteiger partial charge on any atom is 0.279 e. The lowest BCUT2D eigenvalue weighted by Crippen LogP contribution is -2.13. The Hall–Kier alpha value is -2.47. The first-order chi connectivity index (χ1) is 10.6. The summed E-state index contributed by atoms with van der Waals surface area (Å²) in [5, 5.41) is 0. The third-order valence-electron chi connectivity index (χ3n) is 3.31. The summed E-state index contributed by atoms with van der Waals surface area (Å²) in [6, 6.07) is 11.3. The first-order valence-corrected chi connectivity index (χ1v) is 7.38. The van der Waals surface area contributed by atoms with Gasteiger partial charge in [-0.2, -0.15) is 4.99 Å². The minimum absolute atomic E-state index is 0.303. The van der Waals surface area contributed by atoms with Crippen molar-refractivity contribution in [1.29, 1.82) is 0 Å². The van der Waals surface area contributed by atoms with E-state index in [9.17, 15) is 9.18 Å². The van der Waals surface area contributed by atoms with Gasteiger partial charge in [0.2, 0.25) is 0 Å². The molecule has 0 saturated carbocycles. The predicted octanol–water partition coefficient (Wildman–Crippen LogP) is 3.13. The van der Waals surface area contributed by atoms with Crippen molar-refractivity contribution in [2.75, 3.05) is 7.11 Å². The van der Waals surface area contributed by atoms with Crippen LogP contribution in [0.25, 0.3) is 10.2 Å². The topological polar surface area (TPSA) is 43.6 Å². The summed E-state index contributed by atoms with van der Waals surface area (Å²) in [5.74, 6) is 0.0344. The smallest absolute Gasteiger partial charge is 0.279 e. The predicted molar refractivity (Wildman–Crippen MR) is 83.6 cm³/mol. The molecule has 1 heterocycles. The molecular formula is C16H13FN2O2S. The number of rotatable bonds is 2. The summed E-state index contributed by atoms with van der Waals surface area (Å²) in [4.78, 5) is 16.9. The van der Waals surface area contributed by atoms with E-state index in [1.54, 1.807) is 49.1 Å². The third kappa shape index (κ3) is 2.65. The Morgan fingerprint density at radius 1 is 1.23 bits per heavy atom. The fraction of sp³-hybridized carbons (Fsp3) is 0.125. The molecule has 2 aromatic carbocycles. The summed E-state index contributed by atoms with van der Waals surface area (Å²) >= 11 is 1.28. The van der Waals surface area contributed by atoms with Gasteiger partial charge in [0.25, 0.3) is 5.91 Å². The molecule has 112 valence electrons. The number of aromatic nitrogens is 1. The SMILES string of the molecule is COc1ccc(C(=O)N=c2sc3cc(F)ccc3n2C)cc1. The fourth-order valence-corrected chi connectivity index (χ4v) is 3.14. The molecule has 3 rings (SSSR count). The number of thiazole rings is 1. The third-order valence-corrected chi connectivity index (χ3v) is 4.40. The zero-order chi connectivity index (χ0) is 15.7. The van der Waals surface area contributed by atoms with Crippen molar-refractivity contribution >= 4 is 27.5 Å². The zero-order valence-corrected chi connectivity index (χ0v) is 12.9. The van der Waals surface area contributed by atoms with Crippen LogP contribution in [0.2, 0.25) is 0 Å².